The number of benzene rings is 2. The van der Waals surface area contributed by atoms with E-state index >= 15 is 0 Å². The highest BCUT2D eigenvalue weighted by atomic mass is 19.1. The first-order chi connectivity index (χ1) is 18.5. The van der Waals surface area contributed by atoms with E-state index < -0.39 is 11.9 Å². The Hall–Kier alpha value is -3.89. The second kappa shape index (κ2) is 11.7. The SMILES string of the molecule is COc1ccc(C(NC(=O)c2ccc3cnc(CC4CCOCC4)nc3c2)c2cnn(CCO)c2)cc1F. The van der Waals surface area contributed by atoms with Crippen LogP contribution in [0.15, 0.2) is 55.0 Å². The van der Waals surface area contributed by atoms with Gasteiger partial charge in [-0.25, -0.2) is 14.4 Å². The summed E-state index contributed by atoms with van der Waals surface area (Å²) < 4.78 is 26.6. The molecule has 4 aromatic rings. The third-order valence-corrected chi connectivity index (χ3v) is 6.81. The second-order valence-electron chi connectivity index (χ2n) is 9.38. The number of rotatable bonds is 9. The number of aliphatic hydroxyl groups excluding tert-OH is 1. The van der Waals surface area contributed by atoms with E-state index in [9.17, 15) is 14.3 Å². The van der Waals surface area contributed by atoms with Crippen molar-refractivity contribution in [3.8, 4) is 5.75 Å². The third-order valence-electron chi connectivity index (χ3n) is 6.81. The van der Waals surface area contributed by atoms with Crippen molar-refractivity contribution in [1.82, 2.24) is 25.1 Å². The molecule has 10 heteroatoms. The summed E-state index contributed by atoms with van der Waals surface area (Å²) >= 11 is 0. The Kier molecular flexibility index (Phi) is 7.90. The maximum atomic E-state index is 14.6. The number of methoxy groups -OCH3 is 1. The molecule has 2 aromatic carbocycles. The van der Waals surface area contributed by atoms with Gasteiger partial charge in [-0.15, -0.1) is 0 Å². The third kappa shape index (κ3) is 5.81. The summed E-state index contributed by atoms with van der Waals surface area (Å²) in [5.74, 6) is 0.481. The van der Waals surface area contributed by atoms with Gasteiger partial charge in [0.2, 0.25) is 0 Å². The lowest BCUT2D eigenvalue weighted by Gasteiger charge is -2.21. The zero-order chi connectivity index (χ0) is 26.5. The fourth-order valence-corrected chi connectivity index (χ4v) is 4.70. The average Bonchev–Trinajstić information content (AvgIpc) is 3.40. The minimum absolute atomic E-state index is 0.0786. The van der Waals surface area contributed by atoms with Crippen molar-refractivity contribution in [3.63, 3.8) is 0 Å². The molecule has 0 saturated carbocycles. The lowest BCUT2D eigenvalue weighted by atomic mass is 9.96. The number of nitrogens with zero attached hydrogens (tertiary/aromatic N) is 4. The van der Waals surface area contributed by atoms with Crippen molar-refractivity contribution < 1.29 is 23.8 Å². The highest BCUT2D eigenvalue weighted by Gasteiger charge is 2.22. The van der Waals surface area contributed by atoms with Crippen LogP contribution < -0.4 is 10.1 Å². The fourth-order valence-electron chi connectivity index (χ4n) is 4.70. The van der Waals surface area contributed by atoms with E-state index in [4.69, 9.17) is 14.5 Å². The average molecular weight is 520 g/mol. The molecule has 1 atom stereocenters. The normalized spacial score (nSPS) is 14.9. The number of hydrogen-bond donors (Lipinski definition) is 2. The molecule has 198 valence electrons. The molecule has 0 spiro atoms. The Bertz CT molecular complexity index is 1420. The van der Waals surface area contributed by atoms with Gasteiger partial charge in [0.25, 0.3) is 5.91 Å². The second-order valence-corrected chi connectivity index (χ2v) is 9.38. The zero-order valence-electron chi connectivity index (χ0n) is 21.1. The molecule has 0 radical (unpaired) electrons. The number of aliphatic hydroxyl groups is 1. The highest BCUT2D eigenvalue weighted by Crippen LogP contribution is 2.27. The predicted octanol–water partition coefficient (Wildman–Crippen LogP) is 3.45. The number of amides is 1. The Morgan fingerprint density at radius 2 is 2.05 bits per heavy atom. The molecule has 1 unspecified atom stereocenters. The standard InChI is InChI=1S/C28H30FN5O4/c1-37-25-5-4-19(13-23(25)29)27(22-16-31-34(17-22)8-9-35)33-28(36)20-2-3-21-15-30-26(32-24(21)14-20)12-18-6-10-38-11-7-18/h2-5,13-18,27,35H,6-12H2,1H3,(H,33,36). The van der Waals surface area contributed by atoms with Gasteiger partial charge < -0.3 is 19.9 Å². The van der Waals surface area contributed by atoms with Crippen molar-refractivity contribution in [2.75, 3.05) is 26.9 Å². The Morgan fingerprint density at radius 1 is 1.21 bits per heavy atom. The fraction of sp³-hybridized carbons (Fsp3) is 0.357. The minimum Gasteiger partial charge on any atom is -0.494 e. The van der Waals surface area contributed by atoms with Crippen LogP contribution >= 0.6 is 0 Å². The summed E-state index contributed by atoms with van der Waals surface area (Å²) in [6.07, 6.45) is 7.87. The molecule has 0 aliphatic carbocycles. The van der Waals surface area contributed by atoms with Gasteiger partial charge in [-0.1, -0.05) is 12.1 Å². The van der Waals surface area contributed by atoms with Gasteiger partial charge in [0.1, 0.15) is 5.82 Å². The molecule has 3 heterocycles. The minimum atomic E-state index is -0.680. The van der Waals surface area contributed by atoms with Crippen LogP contribution in [-0.2, 0) is 17.7 Å². The summed E-state index contributed by atoms with van der Waals surface area (Å²) in [6, 6.07) is 9.18. The molecule has 2 N–H and O–H groups in total. The van der Waals surface area contributed by atoms with Gasteiger partial charge in [-0.2, -0.15) is 5.10 Å². The first kappa shape index (κ1) is 25.7. The van der Waals surface area contributed by atoms with Crippen molar-refractivity contribution in [1.29, 1.82) is 0 Å². The van der Waals surface area contributed by atoms with Crippen LogP contribution in [-0.4, -0.2) is 57.7 Å². The molecule has 1 amide bonds. The monoisotopic (exact) mass is 519 g/mol. The number of fused-ring (bicyclic) bond motifs is 1. The molecule has 5 rings (SSSR count). The van der Waals surface area contributed by atoms with Gasteiger partial charge in [0.15, 0.2) is 11.6 Å². The summed E-state index contributed by atoms with van der Waals surface area (Å²) in [4.78, 5) is 22.7. The highest BCUT2D eigenvalue weighted by molar-refractivity contribution is 5.98. The van der Waals surface area contributed by atoms with E-state index in [1.807, 2.05) is 6.07 Å². The topological polar surface area (TPSA) is 111 Å². The van der Waals surface area contributed by atoms with E-state index in [-0.39, 0.29) is 18.3 Å². The van der Waals surface area contributed by atoms with Crippen molar-refractivity contribution in [2.45, 2.75) is 31.8 Å². The van der Waals surface area contributed by atoms with Crippen LogP contribution in [0.2, 0.25) is 0 Å². The predicted molar refractivity (Wildman–Crippen MR) is 138 cm³/mol. The van der Waals surface area contributed by atoms with Crippen LogP contribution in [0.3, 0.4) is 0 Å². The molecular weight excluding hydrogens is 489 g/mol. The summed E-state index contributed by atoms with van der Waals surface area (Å²) in [7, 11) is 1.40. The first-order valence-corrected chi connectivity index (χ1v) is 12.6. The molecular formula is C28H30FN5O4. The van der Waals surface area contributed by atoms with E-state index in [2.05, 4.69) is 15.4 Å². The van der Waals surface area contributed by atoms with Crippen molar-refractivity contribution >= 4 is 16.8 Å². The molecule has 1 aliphatic heterocycles. The lowest BCUT2D eigenvalue weighted by molar-refractivity contribution is 0.0660. The number of carbonyl (C=O) groups excluding carboxylic acids is 1. The first-order valence-electron chi connectivity index (χ1n) is 12.6. The quantitative estimate of drug-likeness (QED) is 0.348. The number of nitrogens with one attached hydrogen (secondary N) is 1. The van der Waals surface area contributed by atoms with Gasteiger partial charge in [0.05, 0.1) is 38.0 Å². The summed E-state index contributed by atoms with van der Waals surface area (Å²) in [5, 5.41) is 17.4. The van der Waals surface area contributed by atoms with Crippen LogP contribution in [0.1, 0.15) is 46.2 Å². The van der Waals surface area contributed by atoms with Gasteiger partial charge in [-0.3, -0.25) is 9.48 Å². The molecule has 9 nitrogen and oxygen atoms in total. The number of carbonyl (C=O) groups is 1. The van der Waals surface area contributed by atoms with Crippen LogP contribution in [0.5, 0.6) is 5.75 Å². The van der Waals surface area contributed by atoms with E-state index in [0.717, 1.165) is 43.7 Å². The molecule has 38 heavy (non-hydrogen) atoms. The summed E-state index contributed by atoms with van der Waals surface area (Å²) in [5.41, 5.74) is 2.30. The van der Waals surface area contributed by atoms with Gasteiger partial charge >= 0.3 is 0 Å². The molecule has 0 bridgehead atoms. The number of aromatic nitrogens is 4. The van der Waals surface area contributed by atoms with Gasteiger partial charge in [-0.05, 0) is 48.6 Å². The largest absolute Gasteiger partial charge is 0.494 e. The zero-order valence-corrected chi connectivity index (χ0v) is 21.1. The summed E-state index contributed by atoms with van der Waals surface area (Å²) in [6.45, 7) is 1.75. The molecule has 1 saturated heterocycles. The van der Waals surface area contributed by atoms with E-state index in [0.29, 0.717) is 34.7 Å². The number of hydrogen-bond acceptors (Lipinski definition) is 7. The van der Waals surface area contributed by atoms with E-state index in [1.165, 1.54) is 19.2 Å². The molecule has 1 fully saturated rings. The molecule has 1 aliphatic rings. The van der Waals surface area contributed by atoms with Crippen molar-refractivity contribution in [2.24, 2.45) is 5.92 Å². The number of ether oxygens (including phenoxy) is 2. The lowest BCUT2D eigenvalue weighted by Crippen LogP contribution is -2.29. The number of halogens is 1. The molecule has 2 aromatic heterocycles. The maximum absolute atomic E-state index is 14.6. The van der Waals surface area contributed by atoms with Gasteiger partial charge in [0, 0.05) is 48.5 Å². The maximum Gasteiger partial charge on any atom is 0.252 e. The van der Waals surface area contributed by atoms with Crippen molar-refractivity contribution in [3.05, 3.63) is 83.3 Å². The Morgan fingerprint density at radius 3 is 2.82 bits per heavy atom. The van der Waals surface area contributed by atoms with Crippen LogP contribution in [0.4, 0.5) is 4.39 Å². The van der Waals surface area contributed by atoms with Crippen LogP contribution in [0.25, 0.3) is 10.9 Å². The Balaban J connectivity index is 1.41. The Labute approximate surface area is 219 Å². The van der Waals surface area contributed by atoms with E-state index in [1.54, 1.807) is 41.5 Å². The smallest absolute Gasteiger partial charge is 0.252 e. The van der Waals surface area contributed by atoms with Crippen LogP contribution in [0, 0.1) is 11.7 Å².